The van der Waals surface area contributed by atoms with Gasteiger partial charge in [-0.2, -0.15) is 0 Å². The SMILES string of the molecule is c1cc2c(c([C@@H]3CO3)c1)CCC2. The monoisotopic (exact) mass is 160 g/mol. The fourth-order valence-electron chi connectivity index (χ4n) is 2.18. The van der Waals surface area contributed by atoms with Crippen molar-refractivity contribution in [3.05, 3.63) is 34.9 Å². The van der Waals surface area contributed by atoms with Gasteiger partial charge in [-0.15, -0.1) is 0 Å². The number of ether oxygens (including phenoxy) is 1. The van der Waals surface area contributed by atoms with E-state index in [2.05, 4.69) is 18.2 Å². The minimum atomic E-state index is 0.443. The molecule has 1 atom stereocenters. The molecule has 1 aliphatic carbocycles. The average molecular weight is 160 g/mol. The Morgan fingerprint density at radius 3 is 3.00 bits per heavy atom. The number of aryl methyl sites for hydroxylation is 1. The first-order valence-electron chi connectivity index (χ1n) is 4.67. The minimum Gasteiger partial charge on any atom is -0.368 e. The molecule has 1 aliphatic heterocycles. The Labute approximate surface area is 72.4 Å². The lowest BCUT2D eigenvalue weighted by Gasteiger charge is -2.04. The van der Waals surface area contributed by atoms with Gasteiger partial charge in [0.2, 0.25) is 0 Å². The molecular weight excluding hydrogens is 148 g/mol. The van der Waals surface area contributed by atoms with E-state index < -0.39 is 0 Å². The van der Waals surface area contributed by atoms with Gasteiger partial charge >= 0.3 is 0 Å². The zero-order valence-corrected chi connectivity index (χ0v) is 7.05. The fourth-order valence-corrected chi connectivity index (χ4v) is 2.18. The lowest BCUT2D eigenvalue weighted by atomic mass is 10.0. The summed E-state index contributed by atoms with van der Waals surface area (Å²) in [6.07, 6.45) is 4.32. The molecule has 3 rings (SSSR count). The molecule has 2 aliphatic rings. The number of fused-ring (bicyclic) bond motifs is 1. The van der Waals surface area contributed by atoms with Crippen molar-refractivity contribution in [3.63, 3.8) is 0 Å². The van der Waals surface area contributed by atoms with E-state index >= 15 is 0 Å². The van der Waals surface area contributed by atoms with Crippen molar-refractivity contribution in [2.24, 2.45) is 0 Å². The van der Waals surface area contributed by atoms with Gasteiger partial charge in [0.05, 0.1) is 6.61 Å². The van der Waals surface area contributed by atoms with Gasteiger partial charge in [0.1, 0.15) is 6.10 Å². The maximum Gasteiger partial charge on any atom is 0.106 e. The van der Waals surface area contributed by atoms with Gasteiger partial charge in [-0.05, 0) is 36.0 Å². The largest absolute Gasteiger partial charge is 0.368 e. The molecule has 0 saturated carbocycles. The highest BCUT2D eigenvalue weighted by atomic mass is 16.6. The molecule has 0 spiro atoms. The molecule has 1 fully saturated rings. The summed E-state index contributed by atoms with van der Waals surface area (Å²) in [5.74, 6) is 0. The molecule has 1 saturated heterocycles. The summed E-state index contributed by atoms with van der Waals surface area (Å²) in [7, 11) is 0. The average Bonchev–Trinajstić information content (AvgIpc) is 2.82. The summed E-state index contributed by atoms with van der Waals surface area (Å²) in [6, 6.07) is 6.65. The van der Waals surface area contributed by atoms with E-state index in [0.29, 0.717) is 6.10 Å². The first-order valence-corrected chi connectivity index (χ1v) is 4.67. The van der Waals surface area contributed by atoms with Crippen LogP contribution in [-0.4, -0.2) is 6.61 Å². The van der Waals surface area contributed by atoms with Gasteiger partial charge < -0.3 is 4.74 Å². The highest BCUT2D eigenvalue weighted by Gasteiger charge is 2.29. The highest BCUT2D eigenvalue weighted by molar-refractivity contribution is 5.40. The van der Waals surface area contributed by atoms with Crippen LogP contribution in [-0.2, 0) is 17.6 Å². The minimum absolute atomic E-state index is 0.443. The standard InChI is InChI=1S/C11H12O/c1-3-8-4-2-6-10(9(8)5-1)11-7-12-11/h2,4,6,11H,1,3,5,7H2/t11-/m0/s1. The molecule has 1 nitrogen and oxygen atoms in total. The zero-order valence-electron chi connectivity index (χ0n) is 7.05. The van der Waals surface area contributed by atoms with Crippen molar-refractivity contribution < 1.29 is 4.74 Å². The Morgan fingerprint density at radius 1 is 1.25 bits per heavy atom. The summed E-state index contributed by atoms with van der Waals surface area (Å²) < 4.78 is 5.32. The Kier molecular flexibility index (Phi) is 1.30. The van der Waals surface area contributed by atoms with Crippen LogP contribution >= 0.6 is 0 Å². The molecule has 1 aromatic carbocycles. The van der Waals surface area contributed by atoms with Gasteiger partial charge in [-0.3, -0.25) is 0 Å². The molecule has 0 amide bonds. The number of rotatable bonds is 1. The van der Waals surface area contributed by atoms with Crippen LogP contribution in [0.3, 0.4) is 0 Å². The summed E-state index contributed by atoms with van der Waals surface area (Å²) in [6.45, 7) is 0.941. The van der Waals surface area contributed by atoms with E-state index in [1.54, 1.807) is 11.1 Å². The molecule has 1 heterocycles. The smallest absolute Gasteiger partial charge is 0.106 e. The quantitative estimate of drug-likeness (QED) is 0.574. The molecule has 1 heteroatoms. The van der Waals surface area contributed by atoms with Crippen molar-refractivity contribution in [1.29, 1.82) is 0 Å². The number of hydrogen-bond acceptors (Lipinski definition) is 1. The summed E-state index contributed by atoms with van der Waals surface area (Å²) in [4.78, 5) is 0. The highest BCUT2D eigenvalue weighted by Crippen LogP contribution is 2.36. The molecule has 0 bridgehead atoms. The number of hydrogen-bond donors (Lipinski definition) is 0. The molecule has 12 heavy (non-hydrogen) atoms. The van der Waals surface area contributed by atoms with Crippen molar-refractivity contribution in [2.45, 2.75) is 25.4 Å². The predicted molar refractivity (Wildman–Crippen MR) is 47.2 cm³/mol. The second kappa shape index (κ2) is 2.33. The first kappa shape index (κ1) is 6.67. The fraction of sp³-hybridized carbons (Fsp3) is 0.455. The second-order valence-corrected chi connectivity index (χ2v) is 3.66. The maximum atomic E-state index is 5.32. The van der Waals surface area contributed by atoms with Crippen LogP contribution < -0.4 is 0 Å². The zero-order chi connectivity index (χ0) is 7.97. The number of epoxide rings is 1. The van der Waals surface area contributed by atoms with Gasteiger partial charge in [-0.1, -0.05) is 18.2 Å². The Morgan fingerprint density at radius 2 is 2.17 bits per heavy atom. The van der Waals surface area contributed by atoms with Crippen LogP contribution in [0.1, 0.15) is 29.2 Å². The third-order valence-corrected chi connectivity index (χ3v) is 2.86. The Bertz CT molecular complexity index is 313. The summed E-state index contributed by atoms with van der Waals surface area (Å²) in [5, 5.41) is 0. The van der Waals surface area contributed by atoms with Gasteiger partial charge in [0.15, 0.2) is 0 Å². The third kappa shape index (κ3) is 0.896. The van der Waals surface area contributed by atoms with Crippen LogP contribution in [0.2, 0.25) is 0 Å². The summed E-state index contributed by atoms with van der Waals surface area (Å²) >= 11 is 0. The van der Waals surface area contributed by atoms with E-state index in [4.69, 9.17) is 4.74 Å². The van der Waals surface area contributed by atoms with Gasteiger partial charge in [-0.25, -0.2) is 0 Å². The molecule has 62 valence electrons. The Hall–Kier alpha value is -0.820. The van der Waals surface area contributed by atoms with E-state index in [-0.39, 0.29) is 0 Å². The van der Waals surface area contributed by atoms with Crippen molar-refractivity contribution in [3.8, 4) is 0 Å². The first-order chi connectivity index (χ1) is 5.95. The molecule has 0 N–H and O–H groups in total. The third-order valence-electron chi connectivity index (χ3n) is 2.86. The van der Waals surface area contributed by atoms with E-state index in [9.17, 15) is 0 Å². The van der Waals surface area contributed by atoms with Crippen molar-refractivity contribution >= 4 is 0 Å². The molecule has 0 radical (unpaired) electrons. The van der Waals surface area contributed by atoms with E-state index in [0.717, 1.165) is 6.61 Å². The van der Waals surface area contributed by atoms with Crippen molar-refractivity contribution in [2.75, 3.05) is 6.61 Å². The molecular formula is C11H12O. The lowest BCUT2D eigenvalue weighted by molar-refractivity contribution is 0.414. The second-order valence-electron chi connectivity index (χ2n) is 3.66. The van der Waals surface area contributed by atoms with Crippen LogP contribution in [0.15, 0.2) is 18.2 Å². The predicted octanol–water partition coefficient (Wildman–Crippen LogP) is 2.25. The van der Waals surface area contributed by atoms with Gasteiger partial charge in [0, 0.05) is 0 Å². The van der Waals surface area contributed by atoms with Crippen LogP contribution in [0.4, 0.5) is 0 Å². The van der Waals surface area contributed by atoms with E-state index in [1.165, 1.54) is 24.8 Å². The van der Waals surface area contributed by atoms with Crippen LogP contribution in [0, 0.1) is 0 Å². The maximum absolute atomic E-state index is 5.32. The topological polar surface area (TPSA) is 12.5 Å². The van der Waals surface area contributed by atoms with E-state index in [1.807, 2.05) is 0 Å². The Balaban J connectivity index is 2.12. The van der Waals surface area contributed by atoms with Gasteiger partial charge in [0.25, 0.3) is 0 Å². The molecule has 1 aromatic rings. The number of benzene rings is 1. The molecule has 0 aromatic heterocycles. The molecule has 0 unspecified atom stereocenters. The normalized spacial score (nSPS) is 25.5. The van der Waals surface area contributed by atoms with Crippen LogP contribution in [0.5, 0.6) is 0 Å². The van der Waals surface area contributed by atoms with Crippen molar-refractivity contribution in [1.82, 2.24) is 0 Å². The summed E-state index contributed by atoms with van der Waals surface area (Å²) in [5.41, 5.74) is 4.60. The lowest BCUT2D eigenvalue weighted by Crippen LogP contribution is -1.90. The van der Waals surface area contributed by atoms with Crippen LogP contribution in [0.25, 0.3) is 0 Å².